The van der Waals surface area contributed by atoms with E-state index in [4.69, 9.17) is 0 Å². The minimum atomic E-state index is -1.83. The topological polar surface area (TPSA) is 54.4 Å². The molecule has 0 fully saturated rings. The highest BCUT2D eigenvalue weighted by Crippen LogP contribution is 2.21. The lowest BCUT2D eigenvalue weighted by molar-refractivity contribution is 0.243. The van der Waals surface area contributed by atoms with Crippen molar-refractivity contribution in [3.63, 3.8) is 0 Å². The lowest BCUT2D eigenvalue weighted by atomic mass is 10.8. The van der Waals surface area contributed by atoms with Crippen LogP contribution >= 0.6 is 8.25 Å². The Hall–Kier alpha value is -0.970. The highest BCUT2D eigenvalue weighted by atomic mass is 31.1. The third-order valence-corrected chi connectivity index (χ3v) is 2.16. The van der Waals surface area contributed by atoms with E-state index in [-0.39, 0.29) is 0 Å². The predicted octanol–water partition coefficient (Wildman–Crippen LogP) is 2.33. The van der Waals surface area contributed by atoms with Crippen LogP contribution in [0.3, 0.4) is 0 Å². The molecule has 0 aromatic rings. The van der Waals surface area contributed by atoms with Gasteiger partial charge in [-0.3, -0.25) is 0 Å². The first kappa shape index (κ1) is 19.4. The maximum Gasteiger partial charge on any atom is 0.697 e. The zero-order valence-corrected chi connectivity index (χ0v) is 13.1. The smallest absolute Gasteiger partial charge is 0.382 e. The molecule has 0 amide bonds. The number of nitrogens with zero attached hydrogens (tertiary/aromatic N) is 3. The molecule has 0 aliphatic rings. The lowest BCUT2D eigenvalue weighted by Gasteiger charge is -2.02. The van der Waals surface area contributed by atoms with Crippen LogP contribution in [0.2, 0.25) is 0 Å². The second-order valence-corrected chi connectivity index (χ2v) is 4.51. The summed E-state index contributed by atoms with van der Waals surface area (Å²) < 4.78 is 19.5. The Bertz CT molecular complexity index is 232. The maximum absolute atomic E-state index is 10.3. The maximum atomic E-state index is 10.3. The Kier molecular flexibility index (Phi) is 15.2. The van der Waals surface area contributed by atoms with Gasteiger partial charge in [0.2, 0.25) is 0 Å². The highest BCUT2D eigenvalue weighted by molar-refractivity contribution is 7.33. The van der Waals surface area contributed by atoms with E-state index in [0.29, 0.717) is 13.2 Å². The van der Waals surface area contributed by atoms with Crippen molar-refractivity contribution in [3.8, 4) is 0 Å². The summed E-state index contributed by atoms with van der Waals surface area (Å²) in [6, 6.07) is 0. The van der Waals surface area contributed by atoms with Gasteiger partial charge in [-0.1, -0.05) is 0 Å². The van der Waals surface area contributed by atoms with Crippen LogP contribution in [0, 0.1) is 0 Å². The average Bonchev–Trinajstić information content (AvgIpc) is 2.25. The average molecular weight is 278 g/mol. The summed E-state index contributed by atoms with van der Waals surface area (Å²) in [4.78, 5) is 7.82. The number of rotatable bonds is 7. The van der Waals surface area contributed by atoms with Crippen molar-refractivity contribution in [1.82, 2.24) is 9.80 Å². The van der Waals surface area contributed by atoms with Crippen LogP contribution in [-0.4, -0.2) is 57.5 Å². The molecule has 0 saturated heterocycles. The Balaban J connectivity index is 0. The second kappa shape index (κ2) is 14.1. The molecule has 7 heteroatoms. The molecule has 0 aromatic carbocycles. The number of hydrogen-bond donors (Lipinski definition) is 0. The summed E-state index contributed by atoms with van der Waals surface area (Å²) in [6.45, 7) is 4.42. The Morgan fingerprint density at radius 2 is 1.56 bits per heavy atom. The molecule has 18 heavy (non-hydrogen) atoms. The van der Waals surface area contributed by atoms with Crippen LogP contribution in [0.4, 0.5) is 0 Å². The van der Waals surface area contributed by atoms with Crippen LogP contribution in [0.5, 0.6) is 0 Å². The molecule has 0 unspecified atom stereocenters. The molecule has 0 aliphatic carbocycles. The summed E-state index contributed by atoms with van der Waals surface area (Å²) in [5.41, 5.74) is 0. The first-order valence-corrected chi connectivity index (χ1v) is 6.79. The van der Waals surface area contributed by atoms with E-state index >= 15 is 0 Å². The molecule has 0 rings (SSSR count). The molecule has 0 radical (unpaired) electrons. The van der Waals surface area contributed by atoms with Gasteiger partial charge < -0.3 is 9.80 Å². The SMILES string of the molecule is CCO[P+](=O)OCC.CN(C)C=CN=CN(C)C. The van der Waals surface area contributed by atoms with Gasteiger partial charge in [0, 0.05) is 45.2 Å². The van der Waals surface area contributed by atoms with Gasteiger partial charge in [0.1, 0.15) is 13.2 Å². The molecule has 0 spiro atoms. The number of aliphatic imine (C=N–C) groups is 1. The van der Waals surface area contributed by atoms with E-state index in [1.165, 1.54) is 0 Å². The van der Waals surface area contributed by atoms with Gasteiger partial charge in [-0.15, -0.1) is 9.05 Å². The van der Waals surface area contributed by atoms with Gasteiger partial charge >= 0.3 is 8.25 Å². The van der Waals surface area contributed by atoms with E-state index in [1.54, 1.807) is 26.4 Å². The molecule has 0 bridgehead atoms. The fraction of sp³-hybridized carbons (Fsp3) is 0.727. The van der Waals surface area contributed by atoms with Crippen molar-refractivity contribution < 1.29 is 13.6 Å². The predicted molar refractivity (Wildman–Crippen MR) is 75.9 cm³/mol. The minimum Gasteiger partial charge on any atom is -0.382 e. The van der Waals surface area contributed by atoms with Crippen molar-refractivity contribution in [2.24, 2.45) is 4.99 Å². The molecule has 6 nitrogen and oxygen atoms in total. The molecular weight excluding hydrogens is 253 g/mol. The van der Waals surface area contributed by atoms with E-state index in [1.807, 2.05) is 44.2 Å². The van der Waals surface area contributed by atoms with E-state index in [0.717, 1.165) is 0 Å². The zero-order valence-electron chi connectivity index (χ0n) is 12.2. The zero-order chi connectivity index (χ0) is 14.4. The Labute approximate surface area is 111 Å². The standard InChI is InChI=1S/C7H15N3.C4H10O3P/c1-9(2)6-5-8-7-10(3)4;1-3-6-8(5)7-4-2/h5-7H,1-4H3;3-4H2,1-2H3/q;+1. The van der Waals surface area contributed by atoms with Crippen LogP contribution in [-0.2, 0) is 13.6 Å². The van der Waals surface area contributed by atoms with Crippen LogP contribution < -0.4 is 0 Å². The van der Waals surface area contributed by atoms with Crippen LogP contribution in [0.25, 0.3) is 0 Å². The minimum absolute atomic E-state index is 0.440. The monoisotopic (exact) mass is 278 g/mol. The third-order valence-electron chi connectivity index (χ3n) is 1.22. The van der Waals surface area contributed by atoms with E-state index in [2.05, 4.69) is 14.0 Å². The largest absolute Gasteiger partial charge is 0.697 e. The second-order valence-electron chi connectivity index (χ2n) is 3.55. The lowest BCUT2D eigenvalue weighted by Crippen LogP contribution is -2.07. The van der Waals surface area contributed by atoms with Crippen LogP contribution in [0.1, 0.15) is 13.8 Å². The summed E-state index contributed by atoms with van der Waals surface area (Å²) in [5.74, 6) is 0. The summed E-state index contributed by atoms with van der Waals surface area (Å²) in [7, 11) is 5.96. The molecule has 0 atom stereocenters. The molecule has 0 N–H and O–H groups in total. The van der Waals surface area contributed by atoms with Gasteiger partial charge in [-0.25, -0.2) is 4.99 Å². The molecule has 106 valence electrons. The normalized spacial score (nSPS) is 10.3. The van der Waals surface area contributed by atoms with Crippen molar-refractivity contribution in [3.05, 3.63) is 12.4 Å². The van der Waals surface area contributed by atoms with Gasteiger partial charge in [-0.2, -0.15) is 0 Å². The molecule has 0 aliphatic heterocycles. The molecule has 0 saturated carbocycles. The molecular formula is C11H25N3O3P+. The number of hydrogen-bond acceptors (Lipinski definition) is 5. The van der Waals surface area contributed by atoms with Gasteiger partial charge in [0.05, 0.1) is 6.34 Å². The van der Waals surface area contributed by atoms with Crippen molar-refractivity contribution >= 4 is 14.6 Å². The first-order chi connectivity index (χ1) is 8.43. The van der Waals surface area contributed by atoms with Crippen molar-refractivity contribution in [1.29, 1.82) is 0 Å². The highest BCUT2D eigenvalue weighted by Gasteiger charge is 2.15. The first-order valence-electron chi connectivity index (χ1n) is 5.69. The van der Waals surface area contributed by atoms with Crippen molar-refractivity contribution in [2.45, 2.75) is 13.8 Å². The Morgan fingerprint density at radius 3 is 1.89 bits per heavy atom. The third kappa shape index (κ3) is 20.4. The van der Waals surface area contributed by atoms with Crippen molar-refractivity contribution in [2.75, 3.05) is 41.4 Å². The quantitative estimate of drug-likeness (QED) is 0.406. The summed E-state index contributed by atoms with van der Waals surface area (Å²) in [6.07, 6.45) is 5.39. The van der Waals surface area contributed by atoms with Gasteiger partial charge in [0.25, 0.3) is 0 Å². The van der Waals surface area contributed by atoms with Crippen LogP contribution in [0.15, 0.2) is 17.4 Å². The van der Waals surface area contributed by atoms with E-state index in [9.17, 15) is 4.57 Å². The molecule has 0 aromatic heterocycles. The fourth-order valence-electron chi connectivity index (χ4n) is 0.592. The van der Waals surface area contributed by atoms with Gasteiger partial charge in [-0.05, 0) is 13.8 Å². The molecule has 0 heterocycles. The van der Waals surface area contributed by atoms with E-state index < -0.39 is 8.25 Å². The fourth-order valence-corrected chi connectivity index (χ4v) is 1.09. The Morgan fingerprint density at radius 1 is 1.06 bits per heavy atom. The summed E-state index contributed by atoms with van der Waals surface area (Å²) in [5, 5.41) is 0. The summed E-state index contributed by atoms with van der Waals surface area (Å²) >= 11 is 0. The van der Waals surface area contributed by atoms with Gasteiger partial charge in [0.15, 0.2) is 0 Å².